The van der Waals surface area contributed by atoms with Crippen LogP contribution in [-0.4, -0.2) is 40.4 Å². The van der Waals surface area contributed by atoms with Crippen molar-refractivity contribution in [3.8, 4) is 5.75 Å². The van der Waals surface area contributed by atoms with Crippen LogP contribution >= 0.6 is 0 Å². The number of hydrogen-bond acceptors (Lipinski definition) is 4. The third kappa shape index (κ3) is 4.76. The number of guanidine groups is 1. The third-order valence-electron chi connectivity index (χ3n) is 2.67. The summed E-state index contributed by atoms with van der Waals surface area (Å²) in [4.78, 5) is 6.28. The van der Waals surface area contributed by atoms with E-state index in [0.717, 1.165) is 17.9 Å². The maximum Gasteiger partial charge on any atom is 0.212 e. The lowest BCUT2D eigenvalue weighted by atomic mass is 10.3. The molecule has 0 bridgehead atoms. The fraction of sp³-hybridized carbons (Fsp3) is 0.462. The first-order chi connectivity index (χ1) is 9.22. The molecule has 0 heterocycles. The van der Waals surface area contributed by atoms with Gasteiger partial charge in [0.2, 0.25) is 5.96 Å². The number of aliphatic imine (C=N–C) groups is 1. The van der Waals surface area contributed by atoms with Gasteiger partial charge in [0.15, 0.2) is 0 Å². The van der Waals surface area contributed by atoms with Crippen LogP contribution in [0.2, 0.25) is 0 Å². The first-order valence-electron chi connectivity index (χ1n) is 6.10. The predicted molar refractivity (Wildman–Crippen MR) is 77.5 cm³/mol. The highest BCUT2D eigenvalue weighted by atomic mass is 16.5. The van der Waals surface area contributed by atoms with E-state index in [1.54, 1.807) is 14.2 Å². The zero-order chi connectivity index (χ0) is 14.1. The minimum Gasteiger partial charge on any atom is -0.497 e. The fourth-order valence-electron chi connectivity index (χ4n) is 1.57. The van der Waals surface area contributed by atoms with E-state index in [9.17, 15) is 0 Å². The number of benzene rings is 1. The molecule has 0 aliphatic heterocycles. The highest BCUT2D eigenvalue weighted by Gasteiger charge is 2.07. The average Bonchev–Trinajstić information content (AvgIpc) is 2.47. The van der Waals surface area contributed by atoms with Crippen molar-refractivity contribution in [2.75, 3.05) is 39.3 Å². The van der Waals surface area contributed by atoms with Crippen molar-refractivity contribution >= 4 is 11.6 Å². The molecule has 6 nitrogen and oxygen atoms in total. The molecule has 19 heavy (non-hydrogen) atoms. The van der Waals surface area contributed by atoms with Gasteiger partial charge in [0.25, 0.3) is 0 Å². The lowest BCUT2D eigenvalue weighted by Crippen LogP contribution is -2.43. The second-order valence-electron chi connectivity index (χ2n) is 3.95. The van der Waals surface area contributed by atoms with Gasteiger partial charge in [-0.2, -0.15) is 0 Å². The largest absolute Gasteiger partial charge is 0.497 e. The molecule has 0 atom stereocenters. The number of anilines is 1. The molecule has 1 aromatic rings. The van der Waals surface area contributed by atoms with Crippen molar-refractivity contribution in [1.82, 2.24) is 5.43 Å². The van der Waals surface area contributed by atoms with E-state index < -0.39 is 0 Å². The minimum atomic E-state index is 0.612. The molecule has 0 amide bonds. The summed E-state index contributed by atoms with van der Waals surface area (Å²) in [6, 6.07) is 7.68. The SMILES string of the molecule is COCCCN=C(NN)N(C)c1ccc(OC)cc1. The lowest BCUT2D eigenvalue weighted by Gasteiger charge is -2.21. The molecule has 0 saturated heterocycles. The van der Waals surface area contributed by atoms with E-state index in [-0.39, 0.29) is 0 Å². The summed E-state index contributed by atoms with van der Waals surface area (Å²) in [5.41, 5.74) is 3.59. The number of rotatable bonds is 6. The van der Waals surface area contributed by atoms with Gasteiger partial charge in [0, 0.05) is 33.0 Å². The molecule has 1 aromatic carbocycles. The second-order valence-corrected chi connectivity index (χ2v) is 3.95. The van der Waals surface area contributed by atoms with Gasteiger partial charge in [-0.1, -0.05) is 0 Å². The summed E-state index contributed by atoms with van der Waals surface area (Å²) >= 11 is 0. The molecule has 0 aliphatic rings. The molecule has 3 N–H and O–H groups in total. The highest BCUT2D eigenvalue weighted by molar-refractivity contribution is 5.95. The van der Waals surface area contributed by atoms with E-state index in [1.807, 2.05) is 36.2 Å². The number of nitrogens with one attached hydrogen (secondary N) is 1. The maximum absolute atomic E-state index is 5.50. The van der Waals surface area contributed by atoms with Crippen LogP contribution < -0.4 is 20.9 Å². The Hall–Kier alpha value is -1.79. The van der Waals surface area contributed by atoms with Crippen LogP contribution in [0.3, 0.4) is 0 Å². The van der Waals surface area contributed by atoms with Crippen LogP contribution in [0.4, 0.5) is 5.69 Å². The number of methoxy groups -OCH3 is 2. The molecule has 6 heteroatoms. The molecular weight excluding hydrogens is 244 g/mol. The predicted octanol–water partition coefficient (Wildman–Crippen LogP) is 0.987. The van der Waals surface area contributed by atoms with Crippen LogP contribution in [0.15, 0.2) is 29.3 Å². The molecule has 0 radical (unpaired) electrons. The zero-order valence-corrected chi connectivity index (χ0v) is 11.7. The molecule has 0 unspecified atom stereocenters. The Balaban J connectivity index is 2.68. The molecule has 1 rings (SSSR count). The molecule has 0 aromatic heterocycles. The van der Waals surface area contributed by atoms with E-state index in [4.69, 9.17) is 15.3 Å². The summed E-state index contributed by atoms with van der Waals surface area (Å²) in [6.45, 7) is 1.35. The zero-order valence-electron chi connectivity index (χ0n) is 11.7. The number of nitrogens with zero attached hydrogens (tertiary/aromatic N) is 2. The van der Waals surface area contributed by atoms with Crippen LogP contribution in [0, 0.1) is 0 Å². The van der Waals surface area contributed by atoms with Gasteiger partial charge in [0.05, 0.1) is 7.11 Å². The van der Waals surface area contributed by atoms with Crippen molar-refractivity contribution in [3.05, 3.63) is 24.3 Å². The Bertz CT molecular complexity index is 392. The Morgan fingerprint density at radius 1 is 1.32 bits per heavy atom. The van der Waals surface area contributed by atoms with Gasteiger partial charge in [-0.15, -0.1) is 0 Å². The van der Waals surface area contributed by atoms with Gasteiger partial charge in [0.1, 0.15) is 5.75 Å². The van der Waals surface area contributed by atoms with E-state index in [1.165, 1.54) is 0 Å². The highest BCUT2D eigenvalue weighted by Crippen LogP contribution is 2.17. The number of ether oxygens (including phenoxy) is 2. The van der Waals surface area contributed by atoms with Crippen molar-refractivity contribution in [3.63, 3.8) is 0 Å². The molecular formula is C13H22N4O2. The van der Waals surface area contributed by atoms with E-state index in [0.29, 0.717) is 19.1 Å². The van der Waals surface area contributed by atoms with Gasteiger partial charge in [-0.3, -0.25) is 10.4 Å². The van der Waals surface area contributed by atoms with Crippen LogP contribution in [0.1, 0.15) is 6.42 Å². The van der Waals surface area contributed by atoms with Crippen LogP contribution in [0.5, 0.6) is 5.75 Å². The number of hydrogen-bond donors (Lipinski definition) is 2. The topological polar surface area (TPSA) is 72.1 Å². The van der Waals surface area contributed by atoms with Gasteiger partial charge in [-0.25, -0.2) is 5.84 Å². The van der Waals surface area contributed by atoms with E-state index >= 15 is 0 Å². The second kappa shape index (κ2) is 8.34. The molecule has 0 spiro atoms. The first kappa shape index (κ1) is 15.3. The Kier molecular flexibility index (Phi) is 6.70. The Morgan fingerprint density at radius 3 is 2.53 bits per heavy atom. The number of nitrogens with two attached hydrogens (primary N) is 1. The van der Waals surface area contributed by atoms with Crippen molar-refractivity contribution in [2.45, 2.75) is 6.42 Å². The first-order valence-corrected chi connectivity index (χ1v) is 6.10. The minimum absolute atomic E-state index is 0.612. The maximum atomic E-state index is 5.50. The van der Waals surface area contributed by atoms with Crippen LogP contribution in [0.25, 0.3) is 0 Å². The standard InChI is InChI=1S/C13H22N4O2/c1-17(11-5-7-12(19-3)8-6-11)13(16-14)15-9-4-10-18-2/h5-8H,4,9-10,14H2,1-3H3,(H,15,16). The molecule has 0 fully saturated rings. The summed E-state index contributed by atoms with van der Waals surface area (Å²) in [5, 5.41) is 0. The molecule has 0 saturated carbocycles. The summed E-state index contributed by atoms with van der Waals surface area (Å²) in [5.74, 6) is 6.93. The normalized spacial score (nSPS) is 11.3. The Labute approximate surface area is 114 Å². The monoisotopic (exact) mass is 266 g/mol. The fourth-order valence-corrected chi connectivity index (χ4v) is 1.57. The summed E-state index contributed by atoms with van der Waals surface area (Å²) in [6.07, 6.45) is 0.859. The summed E-state index contributed by atoms with van der Waals surface area (Å²) in [7, 11) is 5.22. The Morgan fingerprint density at radius 2 is 2.00 bits per heavy atom. The van der Waals surface area contributed by atoms with Crippen LogP contribution in [-0.2, 0) is 4.74 Å². The quantitative estimate of drug-likeness (QED) is 0.264. The number of hydrazine groups is 1. The lowest BCUT2D eigenvalue weighted by molar-refractivity contribution is 0.197. The van der Waals surface area contributed by atoms with Gasteiger partial charge < -0.3 is 14.4 Å². The van der Waals surface area contributed by atoms with Crippen molar-refractivity contribution < 1.29 is 9.47 Å². The van der Waals surface area contributed by atoms with Crippen molar-refractivity contribution in [1.29, 1.82) is 0 Å². The van der Waals surface area contributed by atoms with Gasteiger partial charge >= 0.3 is 0 Å². The van der Waals surface area contributed by atoms with E-state index in [2.05, 4.69) is 10.4 Å². The smallest absolute Gasteiger partial charge is 0.212 e. The summed E-state index contributed by atoms with van der Waals surface area (Å²) < 4.78 is 10.1. The molecule has 0 aliphatic carbocycles. The van der Waals surface area contributed by atoms with Crippen molar-refractivity contribution in [2.24, 2.45) is 10.8 Å². The average molecular weight is 266 g/mol. The molecule has 106 valence electrons. The third-order valence-corrected chi connectivity index (χ3v) is 2.67. The van der Waals surface area contributed by atoms with Gasteiger partial charge in [-0.05, 0) is 30.7 Å².